The second-order valence-electron chi connectivity index (χ2n) is 3.30. The Morgan fingerprint density at radius 2 is 2.00 bits per heavy atom. The van der Waals surface area contributed by atoms with E-state index in [1.165, 1.54) is 6.07 Å². The average Bonchev–Trinajstić information content (AvgIpc) is 2.15. The van der Waals surface area contributed by atoms with Gasteiger partial charge in [0, 0.05) is 5.56 Å². The molecule has 1 unspecified atom stereocenters. The Morgan fingerprint density at radius 1 is 1.47 bits per heavy atom. The van der Waals surface area contributed by atoms with Crippen molar-refractivity contribution >= 4 is 17.6 Å². The van der Waals surface area contributed by atoms with E-state index in [-0.39, 0.29) is 16.3 Å². The first-order chi connectivity index (χ1) is 6.86. The van der Waals surface area contributed by atoms with Crippen LogP contribution >= 0.6 is 11.6 Å². The summed E-state index contributed by atoms with van der Waals surface area (Å²) in [6.45, 7) is 3.34. The zero-order chi connectivity index (χ0) is 11.7. The number of phenols is 1. The van der Waals surface area contributed by atoms with Gasteiger partial charge in [0.05, 0.1) is 5.02 Å². The molecule has 0 saturated heterocycles. The fourth-order valence-corrected chi connectivity index (χ4v) is 1.61. The maximum Gasteiger partial charge on any atom is 0.337 e. The minimum absolute atomic E-state index is 0.0356. The number of aliphatic hydroxyl groups excluding tert-OH is 1. The number of halogens is 1. The van der Waals surface area contributed by atoms with Gasteiger partial charge in [-0.2, -0.15) is 0 Å². The van der Waals surface area contributed by atoms with Crippen LogP contribution < -0.4 is 0 Å². The summed E-state index contributed by atoms with van der Waals surface area (Å²) in [6, 6.07) is 1.52. The summed E-state index contributed by atoms with van der Waals surface area (Å²) in [7, 11) is 0. The van der Waals surface area contributed by atoms with Crippen LogP contribution in [-0.2, 0) is 4.79 Å². The van der Waals surface area contributed by atoms with E-state index < -0.39 is 12.1 Å². The molecule has 0 heterocycles. The van der Waals surface area contributed by atoms with E-state index in [2.05, 4.69) is 0 Å². The summed E-state index contributed by atoms with van der Waals surface area (Å²) in [6.07, 6.45) is -1.76. The SMILES string of the molecule is Cc1cc(Cl)c(O)c(C(O)C(=O)O)c1C. The van der Waals surface area contributed by atoms with Crippen LogP contribution in [0.1, 0.15) is 22.8 Å². The second-order valence-corrected chi connectivity index (χ2v) is 3.71. The fraction of sp³-hybridized carbons (Fsp3) is 0.300. The van der Waals surface area contributed by atoms with Gasteiger partial charge in [-0.25, -0.2) is 4.79 Å². The first-order valence-corrected chi connectivity index (χ1v) is 4.63. The van der Waals surface area contributed by atoms with Crippen molar-refractivity contribution in [3.8, 4) is 5.75 Å². The van der Waals surface area contributed by atoms with E-state index in [0.717, 1.165) is 0 Å². The molecule has 1 aromatic carbocycles. The van der Waals surface area contributed by atoms with Gasteiger partial charge >= 0.3 is 5.97 Å². The molecule has 0 aliphatic carbocycles. The minimum Gasteiger partial charge on any atom is -0.506 e. The molecule has 1 atom stereocenters. The van der Waals surface area contributed by atoms with Gasteiger partial charge in [0.25, 0.3) is 0 Å². The van der Waals surface area contributed by atoms with Crippen molar-refractivity contribution in [2.45, 2.75) is 20.0 Å². The number of aryl methyl sites for hydroxylation is 1. The molecular weight excluding hydrogens is 220 g/mol. The van der Waals surface area contributed by atoms with Crippen LogP contribution in [0.2, 0.25) is 5.02 Å². The van der Waals surface area contributed by atoms with E-state index in [1.807, 2.05) is 0 Å². The first kappa shape index (κ1) is 11.8. The molecule has 0 aliphatic rings. The predicted octanol–water partition coefficient (Wildman–Crippen LogP) is 1.78. The minimum atomic E-state index is -1.76. The molecule has 0 saturated carbocycles. The molecule has 0 radical (unpaired) electrons. The number of rotatable bonds is 2. The average molecular weight is 231 g/mol. The van der Waals surface area contributed by atoms with Gasteiger partial charge in [-0.1, -0.05) is 11.6 Å². The molecule has 3 N–H and O–H groups in total. The predicted molar refractivity (Wildman–Crippen MR) is 55.2 cm³/mol. The van der Waals surface area contributed by atoms with Crippen molar-refractivity contribution in [1.82, 2.24) is 0 Å². The van der Waals surface area contributed by atoms with Gasteiger partial charge in [-0.05, 0) is 31.0 Å². The van der Waals surface area contributed by atoms with Gasteiger partial charge < -0.3 is 15.3 Å². The quantitative estimate of drug-likeness (QED) is 0.724. The lowest BCUT2D eigenvalue weighted by Crippen LogP contribution is -2.12. The molecule has 0 amide bonds. The Morgan fingerprint density at radius 3 is 2.47 bits per heavy atom. The van der Waals surface area contributed by atoms with Crippen LogP contribution in [0.25, 0.3) is 0 Å². The number of aliphatic carboxylic acids is 1. The van der Waals surface area contributed by atoms with Gasteiger partial charge in [0.2, 0.25) is 0 Å². The number of aromatic hydroxyl groups is 1. The number of carboxylic acid groups (broad SMARTS) is 1. The highest BCUT2D eigenvalue weighted by Crippen LogP contribution is 2.36. The van der Waals surface area contributed by atoms with Crippen LogP contribution in [-0.4, -0.2) is 21.3 Å². The Labute approximate surface area is 91.7 Å². The number of aliphatic hydroxyl groups is 1. The normalized spacial score (nSPS) is 12.5. The van der Waals surface area contributed by atoms with Crippen molar-refractivity contribution in [3.05, 3.63) is 27.8 Å². The zero-order valence-electron chi connectivity index (χ0n) is 8.28. The number of benzene rings is 1. The third-order valence-electron chi connectivity index (χ3n) is 2.33. The van der Waals surface area contributed by atoms with Gasteiger partial charge in [-0.15, -0.1) is 0 Å². The largest absolute Gasteiger partial charge is 0.506 e. The monoisotopic (exact) mass is 230 g/mol. The molecule has 0 spiro atoms. The lowest BCUT2D eigenvalue weighted by atomic mass is 9.98. The van der Waals surface area contributed by atoms with Crippen LogP contribution in [0.15, 0.2) is 6.07 Å². The molecule has 0 fully saturated rings. The molecule has 1 rings (SSSR count). The highest BCUT2D eigenvalue weighted by molar-refractivity contribution is 6.32. The third-order valence-corrected chi connectivity index (χ3v) is 2.62. The summed E-state index contributed by atoms with van der Waals surface area (Å²) in [5.74, 6) is -1.80. The highest BCUT2D eigenvalue weighted by atomic mass is 35.5. The number of phenolic OH excluding ortho intramolecular Hbond substituents is 1. The standard InChI is InChI=1S/C10H11ClO4/c1-4-3-6(11)8(12)7(5(4)2)9(13)10(14)15/h3,9,12-13H,1-2H3,(H,14,15). The molecule has 5 heteroatoms. The molecule has 0 bridgehead atoms. The molecule has 82 valence electrons. The van der Waals surface area contributed by atoms with Crippen LogP contribution in [0.3, 0.4) is 0 Å². The maximum atomic E-state index is 10.6. The smallest absolute Gasteiger partial charge is 0.337 e. The van der Waals surface area contributed by atoms with Crippen LogP contribution in [0.4, 0.5) is 0 Å². The van der Waals surface area contributed by atoms with Crippen LogP contribution in [0.5, 0.6) is 5.75 Å². The number of hydrogen-bond acceptors (Lipinski definition) is 3. The molecule has 0 aliphatic heterocycles. The van der Waals surface area contributed by atoms with Gasteiger partial charge in [-0.3, -0.25) is 0 Å². The number of carbonyl (C=O) groups is 1. The summed E-state index contributed by atoms with van der Waals surface area (Å²) in [4.78, 5) is 10.6. The zero-order valence-corrected chi connectivity index (χ0v) is 9.04. The summed E-state index contributed by atoms with van der Waals surface area (Å²) in [5.41, 5.74) is 1.19. The Balaban J connectivity index is 3.45. The Hall–Kier alpha value is -1.26. The molecule has 1 aromatic rings. The van der Waals surface area contributed by atoms with E-state index >= 15 is 0 Å². The lowest BCUT2D eigenvalue weighted by molar-refractivity contribution is -0.147. The second kappa shape index (κ2) is 4.08. The number of hydrogen-bond donors (Lipinski definition) is 3. The molecule has 0 aromatic heterocycles. The summed E-state index contributed by atoms with van der Waals surface area (Å²) in [5, 5.41) is 27.7. The Bertz CT molecular complexity index is 388. The summed E-state index contributed by atoms with van der Waals surface area (Å²) < 4.78 is 0. The Kier molecular flexibility index (Phi) is 3.21. The summed E-state index contributed by atoms with van der Waals surface area (Å²) >= 11 is 5.69. The van der Waals surface area contributed by atoms with E-state index in [1.54, 1.807) is 13.8 Å². The maximum absolute atomic E-state index is 10.6. The highest BCUT2D eigenvalue weighted by Gasteiger charge is 2.24. The van der Waals surface area contributed by atoms with E-state index in [9.17, 15) is 15.0 Å². The molecule has 4 nitrogen and oxygen atoms in total. The van der Waals surface area contributed by atoms with E-state index in [0.29, 0.717) is 11.1 Å². The molecular formula is C10H11ClO4. The lowest BCUT2D eigenvalue weighted by Gasteiger charge is -2.14. The van der Waals surface area contributed by atoms with E-state index in [4.69, 9.17) is 16.7 Å². The third kappa shape index (κ3) is 2.06. The van der Waals surface area contributed by atoms with Crippen molar-refractivity contribution in [2.24, 2.45) is 0 Å². The van der Waals surface area contributed by atoms with Crippen LogP contribution in [0, 0.1) is 13.8 Å². The fourth-order valence-electron chi connectivity index (χ4n) is 1.34. The number of carboxylic acids is 1. The topological polar surface area (TPSA) is 77.8 Å². The first-order valence-electron chi connectivity index (χ1n) is 4.25. The van der Waals surface area contributed by atoms with Crippen molar-refractivity contribution < 1.29 is 20.1 Å². The molecule has 15 heavy (non-hydrogen) atoms. The van der Waals surface area contributed by atoms with Crippen molar-refractivity contribution in [2.75, 3.05) is 0 Å². The van der Waals surface area contributed by atoms with Crippen molar-refractivity contribution in [3.63, 3.8) is 0 Å². The van der Waals surface area contributed by atoms with Gasteiger partial charge in [0.15, 0.2) is 6.10 Å². The van der Waals surface area contributed by atoms with Crippen molar-refractivity contribution in [1.29, 1.82) is 0 Å². The van der Waals surface area contributed by atoms with Gasteiger partial charge in [0.1, 0.15) is 5.75 Å².